The van der Waals surface area contributed by atoms with E-state index in [9.17, 15) is 0 Å². The van der Waals surface area contributed by atoms with E-state index in [1.165, 1.54) is 36.1 Å². The van der Waals surface area contributed by atoms with Gasteiger partial charge >= 0.3 is 0 Å². The molecule has 0 N–H and O–H groups in total. The first-order valence-corrected chi connectivity index (χ1v) is 8.48. The van der Waals surface area contributed by atoms with Gasteiger partial charge in [-0.25, -0.2) is 0 Å². The molecular weight excluding hydrogens is 264 g/mol. The second-order valence-corrected chi connectivity index (χ2v) is 7.60. The molecule has 2 aromatic rings. The van der Waals surface area contributed by atoms with Gasteiger partial charge in [0.25, 0.3) is 0 Å². The summed E-state index contributed by atoms with van der Waals surface area (Å²) < 4.78 is 0. The van der Waals surface area contributed by atoms with Crippen LogP contribution in [0.1, 0.15) is 24.6 Å². The van der Waals surface area contributed by atoms with Gasteiger partial charge in [-0.2, -0.15) is 11.8 Å². The number of hydrogen-bond acceptors (Lipinski definition) is 3. The van der Waals surface area contributed by atoms with Gasteiger partial charge in [-0.05, 0) is 49.6 Å². The van der Waals surface area contributed by atoms with Gasteiger partial charge in [0, 0.05) is 40.4 Å². The van der Waals surface area contributed by atoms with Crippen molar-refractivity contribution in [3.63, 3.8) is 0 Å². The smallest absolute Gasteiger partial charge is 0.0709 e. The standard InChI is InChI=1S/C17H20N2S/c1-3-12-6-11(2)18-17-5-4-13(7-16(12)17)19-9-14-8-15(10-19)20-14/h4-7,14-15H,3,8-10H2,1-2H3. The second kappa shape index (κ2) is 4.66. The fraction of sp³-hybridized carbons (Fsp3) is 0.471. The molecule has 2 bridgehead atoms. The topological polar surface area (TPSA) is 16.1 Å². The van der Waals surface area contributed by atoms with Crippen molar-refractivity contribution in [1.82, 2.24) is 4.98 Å². The van der Waals surface area contributed by atoms with Gasteiger partial charge in [0.05, 0.1) is 5.52 Å². The first-order valence-electron chi connectivity index (χ1n) is 7.53. The van der Waals surface area contributed by atoms with Crippen molar-refractivity contribution in [1.29, 1.82) is 0 Å². The van der Waals surface area contributed by atoms with Crippen molar-refractivity contribution in [2.24, 2.45) is 0 Å². The lowest BCUT2D eigenvalue weighted by Crippen LogP contribution is -2.51. The summed E-state index contributed by atoms with van der Waals surface area (Å²) in [6.45, 7) is 6.75. The third-order valence-corrected chi connectivity index (χ3v) is 5.96. The summed E-state index contributed by atoms with van der Waals surface area (Å²) in [7, 11) is 0. The van der Waals surface area contributed by atoms with E-state index in [1.54, 1.807) is 0 Å². The molecule has 3 heteroatoms. The van der Waals surface area contributed by atoms with Crippen LogP contribution in [0.5, 0.6) is 0 Å². The molecule has 0 radical (unpaired) electrons. The maximum absolute atomic E-state index is 4.67. The molecule has 0 amide bonds. The predicted octanol–water partition coefficient (Wildman–Crippen LogP) is 3.80. The molecule has 3 aliphatic rings. The Morgan fingerprint density at radius 2 is 2.00 bits per heavy atom. The van der Waals surface area contributed by atoms with Crippen LogP contribution in [0.4, 0.5) is 5.69 Å². The van der Waals surface area contributed by atoms with Gasteiger partial charge in [0.1, 0.15) is 0 Å². The third-order valence-electron chi connectivity index (χ3n) is 4.51. The Morgan fingerprint density at radius 3 is 2.70 bits per heavy atom. The molecule has 2 unspecified atom stereocenters. The Morgan fingerprint density at radius 1 is 1.25 bits per heavy atom. The highest BCUT2D eigenvalue weighted by molar-refractivity contribution is 8.02. The van der Waals surface area contributed by atoms with Gasteiger partial charge < -0.3 is 4.90 Å². The Kier molecular flexibility index (Phi) is 2.92. The first kappa shape index (κ1) is 12.5. The monoisotopic (exact) mass is 284 g/mol. The van der Waals surface area contributed by atoms with Crippen molar-refractivity contribution >= 4 is 28.4 Å². The number of nitrogens with zero attached hydrogens (tertiary/aromatic N) is 2. The van der Waals surface area contributed by atoms with Crippen molar-refractivity contribution < 1.29 is 0 Å². The Bertz CT molecular complexity index is 651. The normalized spacial score (nSPS) is 24.8. The number of pyridine rings is 1. The first-order chi connectivity index (χ1) is 9.72. The summed E-state index contributed by atoms with van der Waals surface area (Å²) in [5, 5.41) is 3.07. The highest BCUT2D eigenvalue weighted by atomic mass is 32.2. The van der Waals surface area contributed by atoms with Crippen LogP contribution in [-0.2, 0) is 6.42 Å². The quantitative estimate of drug-likeness (QED) is 0.834. The number of fused-ring (bicyclic) bond motifs is 3. The number of aromatic nitrogens is 1. The van der Waals surface area contributed by atoms with Gasteiger partial charge in [-0.3, -0.25) is 4.98 Å². The predicted molar refractivity (Wildman–Crippen MR) is 87.9 cm³/mol. The fourth-order valence-corrected chi connectivity index (χ4v) is 4.89. The van der Waals surface area contributed by atoms with E-state index < -0.39 is 0 Å². The molecule has 0 spiro atoms. The molecule has 0 aliphatic carbocycles. The minimum Gasteiger partial charge on any atom is -0.369 e. The molecule has 3 aliphatic heterocycles. The van der Waals surface area contributed by atoms with E-state index in [-0.39, 0.29) is 0 Å². The third kappa shape index (κ3) is 1.99. The summed E-state index contributed by atoms with van der Waals surface area (Å²) in [6, 6.07) is 9.04. The number of benzene rings is 1. The largest absolute Gasteiger partial charge is 0.369 e. The van der Waals surface area contributed by atoms with Gasteiger partial charge in [-0.1, -0.05) is 6.92 Å². The van der Waals surface area contributed by atoms with Gasteiger partial charge in [0.15, 0.2) is 0 Å². The minimum absolute atomic E-state index is 0.867. The van der Waals surface area contributed by atoms with E-state index in [0.29, 0.717) is 0 Å². The molecular formula is C17H20N2S. The van der Waals surface area contributed by atoms with Crippen LogP contribution < -0.4 is 4.90 Å². The Balaban J connectivity index is 1.76. The van der Waals surface area contributed by atoms with E-state index in [4.69, 9.17) is 0 Å². The van der Waals surface area contributed by atoms with Crippen molar-refractivity contribution in [2.75, 3.05) is 18.0 Å². The number of anilines is 1. The Hall–Kier alpha value is -1.22. The SMILES string of the molecule is CCc1cc(C)nc2ccc(N3CC4CC(C3)S4)cc12. The Labute approximate surface area is 124 Å². The van der Waals surface area contributed by atoms with Crippen LogP contribution in [0.2, 0.25) is 0 Å². The number of thioether (sulfide) groups is 1. The number of rotatable bonds is 2. The van der Waals surface area contributed by atoms with E-state index >= 15 is 0 Å². The summed E-state index contributed by atoms with van der Waals surface area (Å²) >= 11 is 2.17. The number of aryl methyl sites for hydroxylation is 2. The van der Waals surface area contributed by atoms with Crippen LogP contribution in [0.25, 0.3) is 10.9 Å². The highest BCUT2D eigenvalue weighted by Crippen LogP contribution is 2.43. The van der Waals surface area contributed by atoms with E-state index in [1.807, 2.05) is 0 Å². The minimum atomic E-state index is 0.867. The molecule has 4 heterocycles. The van der Waals surface area contributed by atoms with Crippen LogP contribution in [0, 0.1) is 6.92 Å². The maximum atomic E-state index is 4.67. The molecule has 20 heavy (non-hydrogen) atoms. The maximum Gasteiger partial charge on any atom is 0.0709 e. The molecule has 3 saturated heterocycles. The van der Waals surface area contributed by atoms with E-state index in [0.717, 1.165) is 28.1 Å². The number of hydrogen-bond donors (Lipinski definition) is 0. The lowest BCUT2D eigenvalue weighted by Gasteiger charge is -2.47. The fourth-order valence-electron chi connectivity index (χ4n) is 3.49. The molecule has 0 saturated carbocycles. The zero-order chi connectivity index (χ0) is 13.7. The average Bonchev–Trinajstić information content (AvgIpc) is 2.45. The van der Waals surface area contributed by atoms with Crippen LogP contribution in [-0.4, -0.2) is 28.6 Å². The zero-order valence-electron chi connectivity index (χ0n) is 12.1. The summed E-state index contributed by atoms with van der Waals surface area (Å²) in [4.78, 5) is 7.24. The molecule has 2 atom stereocenters. The van der Waals surface area contributed by atoms with Gasteiger partial charge in [0.2, 0.25) is 0 Å². The summed E-state index contributed by atoms with van der Waals surface area (Å²) in [5.41, 5.74) is 5.07. The second-order valence-electron chi connectivity index (χ2n) is 6.00. The van der Waals surface area contributed by atoms with Gasteiger partial charge in [-0.15, -0.1) is 0 Å². The molecule has 5 rings (SSSR count). The summed E-state index contributed by atoms with van der Waals surface area (Å²) in [6.07, 6.45) is 2.50. The zero-order valence-corrected chi connectivity index (χ0v) is 12.9. The van der Waals surface area contributed by atoms with E-state index in [2.05, 4.69) is 59.8 Å². The molecule has 3 fully saturated rings. The lowest BCUT2D eigenvalue weighted by molar-refractivity contribution is 0.558. The van der Waals surface area contributed by atoms with Crippen molar-refractivity contribution in [3.05, 3.63) is 35.5 Å². The molecule has 2 nitrogen and oxygen atoms in total. The lowest BCUT2D eigenvalue weighted by atomic mass is 10.0. The molecule has 1 aromatic carbocycles. The van der Waals surface area contributed by atoms with Crippen LogP contribution in [0.15, 0.2) is 24.3 Å². The van der Waals surface area contributed by atoms with Crippen molar-refractivity contribution in [3.8, 4) is 0 Å². The summed E-state index contributed by atoms with van der Waals surface area (Å²) in [5.74, 6) is 0. The highest BCUT2D eigenvalue weighted by Gasteiger charge is 2.37. The molecule has 104 valence electrons. The molecule has 1 aromatic heterocycles. The van der Waals surface area contributed by atoms with Crippen molar-refractivity contribution in [2.45, 2.75) is 37.2 Å². The number of piperidine rings is 1. The van der Waals surface area contributed by atoms with Crippen LogP contribution in [0.3, 0.4) is 0 Å². The van der Waals surface area contributed by atoms with Crippen LogP contribution >= 0.6 is 11.8 Å². The average molecular weight is 284 g/mol.